The third-order valence-electron chi connectivity index (χ3n) is 3.39. The van der Waals surface area contributed by atoms with E-state index in [1.54, 1.807) is 0 Å². The molecule has 1 saturated carbocycles. The van der Waals surface area contributed by atoms with Gasteiger partial charge in [0.2, 0.25) is 0 Å². The lowest BCUT2D eigenvalue weighted by Crippen LogP contribution is -2.26. The van der Waals surface area contributed by atoms with E-state index >= 15 is 0 Å². The number of primary amides is 1. The summed E-state index contributed by atoms with van der Waals surface area (Å²) in [5.74, 6) is 0.483. The van der Waals surface area contributed by atoms with Gasteiger partial charge in [-0.25, -0.2) is 10.2 Å². The van der Waals surface area contributed by atoms with Crippen molar-refractivity contribution in [1.82, 2.24) is 5.43 Å². The number of amides is 2. The van der Waals surface area contributed by atoms with Crippen molar-refractivity contribution in [3.05, 3.63) is 35.9 Å². The molecule has 4 nitrogen and oxygen atoms in total. The molecule has 18 heavy (non-hydrogen) atoms. The highest BCUT2D eigenvalue weighted by molar-refractivity contribution is 5.89. The van der Waals surface area contributed by atoms with Gasteiger partial charge in [0.25, 0.3) is 0 Å². The average molecular weight is 245 g/mol. The van der Waals surface area contributed by atoms with E-state index in [0.29, 0.717) is 5.92 Å². The number of nitrogens with one attached hydrogen (secondary N) is 1. The highest BCUT2D eigenvalue weighted by atomic mass is 16.2. The fraction of sp³-hybridized carbons (Fsp3) is 0.429. The second-order valence-corrected chi connectivity index (χ2v) is 4.69. The number of aryl methyl sites for hydroxylation is 1. The van der Waals surface area contributed by atoms with Crippen LogP contribution >= 0.6 is 0 Å². The van der Waals surface area contributed by atoms with Crippen molar-refractivity contribution in [2.75, 3.05) is 0 Å². The molecule has 0 heterocycles. The lowest BCUT2D eigenvalue weighted by molar-refractivity contribution is 0.249. The standard InChI is InChI=1S/C14H19N3O/c15-14(18)17-16-13-8-4-7-12(13)10-9-11-5-2-1-3-6-11/h1-3,5-6,12H,4,7-10H2,(H3,15,17,18)/b16-13+/t12-/m1/s1. The zero-order valence-electron chi connectivity index (χ0n) is 10.4. The summed E-state index contributed by atoms with van der Waals surface area (Å²) in [5, 5.41) is 4.11. The van der Waals surface area contributed by atoms with Crippen LogP contribution in [0.3, 0.4) is 0 Å². The number of carbonyl (C=O) groups excluding carboxylic acids is 1. The molecule has 2 rings (SSSR count). The minimum absolute atomic E-state index is 0.483. The molecule has 4 heteroatoms. The normalized spacial score (nSPS) is 21.1. The number of nitrogens with zero attached hydrogens (tertiary/aromatic N) is 1. The SMILES string of the molecule is NC(=O)N/N=C1\CCC[C@@H]1CCc1ccccc1. The van der Waals surface area contributed by atoms with Crippen molar-refractivity contribution in [2.45, 2.75) is 32.1 Å². The lowest BCUT2D eigenvalue weighted by Gasteiger charge is -2.10. The first-order valence-electron chi connectivity index (χ1n) is 6.41. The molecule has 2 amide bonds. The molecule has 0 saturated heterocycles. The first-order valence-corrected chi connectivity index (χ1v) is 6.41. The molecule has 96 valence electrons. The summed E-state index contributed by atoms with van der Waals surface area (Å²) in [7, 11) is 0. The molecule has 0 unspecified atom stereocenters. The van der Waals surface area contributed by atoms with Gasteiger partial charge in [-0.15, -0.1) is 0 Å². The van der Waals surface area contributed by atoms with Crippen LogP contribution in [0.2, 0.25) is 0 Å². The summed E-state index contributed by atoms with van der Waals surface area (Å²) in [6, 6.07) is 9.86. The molecular weight excluding hydrogens is 226 g/mol. The van der Waals surface area contributed by atoms with Gasteiger partial charge in [0.15, 0.2) is 0 Å². The van der Waals surface area contributed by atoms with E-state index in [-0.39, 0.29) is 0 Å². The van der Waals surface area contributed by atoms with Crippen LogP contribution < -0.4 is 11.2 Å². The van der Waals surface area contributed by atoms with Gasteiger partial charge in [-0.2, -0.15) is 5.10 Å². The Morgan fingerprint density at radius 2 is 2.17 bits per heavy atom. The van der Waals surface area contributed by atoms with E-state index in [9.17, 15) is 4.79 Å². The smallest absolute Gasteiger partial charge is 0.332 e. The van der Waals surface area contributed by atoms with Gasteiger partial charge in [0, 0.05) is 5.71 Å². The Bertz CT molecular complexity index is 428. The quantitative estimate of drug-likeness (QED) is 0.786. The number of hydrogen-bond acceptors (Lipinski definition) is 2. The number of hydrazone groups is 1. The summed E-state index contributed by atoms with van der Waals surface area (Å²) >= 11 is 0. The summed E-state index contributed by atoms with van der Waals surface area (Å²) in [4.78, 5) is 10.6. The zero-order valence-corrected chi connectivity index (χ0v) is 10.4. The minimum atomic E-state index is -0.587. The molecule has 1 fully saturated rings. The third-order valence-corrected chi connectivity index (χ3v) is 3.39. The van der Waals surface area contributed by atoms with Crippen LogP contribution in [0.15, 0.2) is 35.4 Å². The third kappa shape index (κ3) is 3.58. The Hall–Kier alpha value is -1.84. The van der Waals surface area contributed by atoms with Gasteiger partial charge in [-0.05, 0) is 43.6 Å². The van der Waals surface area contributed by atoms with Gasteiger partial charge in [-0.3, -0.25) is 0 Å². The zero-order chi connectivity index (χ0) is 12.8. The second kappa shape index (κ2) is 6.19. The van der Waals surface area contributed by atoms with Gasteiger partial charge < -0.3 is 5.73 Å². The fourth-order valence-electron chi connectivity index (χ4n) is 2.47. The van der Waals surface area contributed by atoms with Gasteiger partial charge in [0.1, 0.15) is 0 Å². The maximum absolute atomic E-state index is 10.6. The van der Waals surface area contributed by atoms with Gasteiger partial charge in [-0.1, -0.05) is 30.3 Å². The predicted molar refractivity (Wildman–Crippen MR) is 72.3 cm³/mol. The molecule has 0 radical (unpaired) electrons. The van der Waals surface area contributed by atoms with Crippen LogP contribution in [0.4, 0.5) is 4.79 Å². The molecule has 1 atom stereocenters. The van der Waals surface area contributed by atoms with Gasteiger partial charge in [0.05, 0.1) is 0 Å². The molecular formula is C14H19N3O. The Morgan fingerprint density at radius 1 is 1.39 bits per heavy atom. The first-order chi connectivity index (χ1) is 8.75. The summed E-state index contributed by atoms with van der Waals surface area (Å²) in [6.07, 6.45) is 5.43. The molecule has 0 spiro atoms. The van der Waals surface area contributed by atoms with Crippen molar-refractivity contribution >= 4 is 11.7 Å². The number of nitrogens with two attached hydrogens (primary N) is 1. The van der Waals surface area contributed by atoms with Crippen molar-refractivity contribution in [3.63, 3.8) is 0 Å². The largest absolute Gasteiger partial charge is 0.350 e. The topological polar surface area (TPSA) is 67.5 Å². The monoisotopic (exact) mass is 245 g/mol. The number of hydrogen-bond donors (Lipinski definition) is 2. The maximum Gasteiger partial charge on any atom is 0.332 e. The molecule has 0 bridgehead atoms. The van der Waals surface area contributed by atoms with Crippen LogP contribution in [-0.4, -0.2) is 11.7 Å². The summed E-state index contributed by atoms with van der Waals surface area (Å²) in [5.41, 5.74) is 9.81. The van der Waals surface area contributed by atoms with E-state index in [1.165, 1.54) is 5.56 Å². The number of urea groups is 1. The van der Waals surface area contributed by atoms with Crippen molar-refractivity contribution in [3.8, 4) is 0 Å². The average Bonchev–Trinajstić information content (AvgIpc) is 2.82. The van der Waals surface area contributed by atoms with Crippen molar-refractivity contribution in [1.29, 1.82) is 0 Å². The Labute approximate surface area is 107 Å². The van der Waals surface area contributed by atoms with E-state index in [4.69, 9.17) is 5.73 Å². The second-order valence-electron chi connectivity index (χ2n) is 4.69. The highest BCUT2D eigenvalue weighted by Gasteiger charge is 2.22. The predicted octanol–water partition coefficient (Wildman–Crippen LogP) is 2.44. The van der Waals surface area contributed by atoms with Crippen molar-refractivity contribution in [2.24, 2.45) is 16.8 Å². The maximum atomic E-state index is 10.6. The molecule has 1 aromatic carbocycles. The first kappa shape index (κ1) is 12.6. The van der Waals surface area contributed by atoms with Crippen LogP contribution in [-0.2, 0) is 6.42 Å². The van der Waals surface area contributed by atoms with Crippen molar-refractivity contribution < 1.29 is 4.79 Å². The Balaban J connectivity index is 1.88. The molecule has 1 aliphatic carbocycles. The minimum Gasteiger partial charge on any atom is -0.350 e. The molecule has 0 aliphatic heterocycles. The van der Waals surface area contributed by atoms with Crippen LogP contribution in [0.1, 0.15) is 31.2 Å². The van der Waals surface area contributed by atoms with E-state index in [0.717, 1.165) is 37.8 Å². The Kier molecular flexibility index (Phi) is 4.34. The number of rotatable bonds is 4. The Morgan fingerprint density at radius 3 is 2.89 bits per heavy atom. The molecule has 3 N–H and O–H groups in total. The lowest BCUT2D eigenvalue weighted by atomic mass is 9.97. The fourth-order valence-corrected chi connectivity index (χ4v) is 2.47. The summed E-state index contributed by atoms with van der Waals surface area (Å²) in [6.45, 7) is 0. The van der Waals surface area contributed by atoms with E-state index < -0.39 is 6.03 Å². The van der Waals surface area contributed by atoms with Crippen LogP contribution in [0.5, 0.6) is 0 Å². The number of benzene rings is 1. The van der Waals surface area contributed by atoms with Gasteiger partial charge >= 0.3 is 6.03 Å². The molecule has 1 aliphatic rings. The highest BCUT2D eigenvalue weighted by Crippen LogP contribution is 2.26. The molecule has 1 aromatic rings. The van der Waals surface area contributed by atoms with Crippen LogP contribution in [0, 0.1) is 5.92 Å². The van der Waals surface area contributed by atoms with Crippen LogP contribution in [0.25, 0.3) is 0 Å². The van der Waals surface area contributed by atoms with E-state index in [2.05, 4.69) is 34.8 Å². The summed E-state index contributed by atoms with van der Waals surface area (Å²) < 4.78 is 0. The van der Waals surface area contributed by atoms with E-state index in [1.807, 2.05) is 6.07 Å². The number of carbonyl (C=O) groups is 1. The molecule has 0 aromatic heterocycles.